The summed E-state index contributed by atoms with van der Waals surface area (Å²) in [6.07, 6.45) is 5.38. The van der Waals surface area contributed by atoms with Crippen molar-refractivity contribution in [2.75, 3.05) is 6.61 Å². The van der Waals surface area contributed by atoms with E-state index in [1.165, 1.54) is 25.7 Å². The molecule has 0 aromatic rings. The van der Waals surface area contributed by atoms with E-state index >= 15 is 0 Å². The molecule has 1 rings (SSSR count). The van der Waals surface area contributed by atoms with E-state index in [1.54, 1.807) is 0 Å². The van der Waals surface area contributed by atoms with Gasteiger partial charge in [-0.2, -0.15) is 0 Å². The lowest BCUT2D eigenvalue weighted by Crippen LogP contribution is -2.44. The van der Waals surface area contributed by atoms with E-state index in [4.69, 9.17) is 4.74 Å². The van der Waals surface area contributed by atoms with Crippen molar-refractivity contribution in [2.24, 2.45) is 5.92 Å². The Hall–Kier alpha value is -0.0800. The Balaban J connectivity index is 2.29. The lowest BCUT2D eigenvalue weighted by molar-refractivity contribution is -0.0257. The quantitative estimate of drug-likeness (QED) is 0.758. The second-order valence-corrected chi connectivity index (χ2v) is 5.23. The lowest BCUT2D eigenvalue weighted by Gasteiger charge is -2.34. The Morgan fingerprint density at radius 1 is 1.33 bits per heavy atom. The molecule has 15 heavy (non-hydrogen) atoms. The van der Waals surface area contributed by atoms with E-state index in [-0.39, 0.29) is 0 Å². The van der Waals surface area contributed by atoms with Gasteiger partial charge in [0.15, 0.2) is 0 Å². The number of nitrogens with one attached hydrogen (secondary N) is 1. The van der Waals surface area contributed by atoms with Gasteiger partial charge >= 0.3 is 0 Å². The molecule has 0 spiro atoms. The van der Waals surface area contributed by atoms with Crippen molar-refractivity contribution in [3.63, 3.8) is 0 Å². The highest BCUT2D eigenvalue weighted by Gasteiger charge is 2.25. The third-order valence-corrected chi connectivity index (χ3v) is 3.30. The Bertz CT molecular complexity index is 170. The van der Waals surface area contributed by atoms with Gasteiger partial charge in [0.25, 0.3) is 0 Å². The van der Waals surface area contributed by atoms with Crippen molar-refractivity contribution in [3.05, 3.63) is 0 Å². The molecule has 1 N–H and O–H groups in total. The zero-order valence-corrected chi connectivity index (χ0v) is 10.8. The average Bonchev–Trinajstić information content (AvgIpc) is 2.18. The molecule has 2 heteroatoms. The molecule has 0 saturated carbocycles. The van der Waals surface area contributed by atoms with Crippen molar-refractivity contribution in [1.82, 2.24) is 5.32 Å². The van der Waals surface area contributed by atoms with Gasteiger partial charge in [-0.25, -0.2) is 0 Å². The van der Waals surface area contributed by atoms with Crippen LogP contribution in [0.5, 0.6) is 0 Å². The van der Waals surface area contributed by atoms with Crippen LogP contribution in [-0.4, -0.2) is 24.8 Å². The topological polar surface area (TPSA) is 21.3 Å². The van der Waals surface area contributed by atoms with Crippen molar-refractivity contribution in [1.29, 1.82) is 0 Å². The van der Waals surface area contributed by atoms with E-state index in [0.29, 0.717) is 24.1 Å². The third kappa shape index (κ3) is 4.52. The van der Waals surface area contributed by atoms with Crippen LogP contribution in [0.1, 0.15) is 53.4 Å². The molecule has 0 aromatic heterocycles. The van der Waals surface area contributed by atoms with Crippen LogP contribution in [0.2, 0.25) is 0 Å². The smallest absolute Gasteiger partial charge is 0.0612 e. The Kier molecular flexibility index (Phi) is 5.62. The fourth-order valence-electron chi connectivity index (χ4n) is 2.36. The van der Waals surface area contributed by atoms with Crippen LogP contribution >= 0.6 is 0 Å². The molecule has 3 atom stereocenters. The van der Waals surface area contributed by atoms with Crippen LogP contribution in [0.15, 0.2) is 0 Å². The molecule has 2 nitrogen and oxygen atoms in total. The molecular formula is C13H27NO. The van der Waals surface area contributed by atoms with Gasteiger partial charge in [0.05, 0.1) is 6.10 Å². The normalized spacial score (nSPS) is 29.4. The summed E-state index contributed by atoms with van der Waals surface area (Å²) in [5.74, 6) is 0.649. The van der Waals surface area contributed by atoms with E-state index in [0.717, 1.165) is 6.61 Å². The summed E-state index contributed by atoms with van der Waals surface area (Å²) in [6.45, 7) is 9.98. The predicted octanol–water partition coefficient (Wildman–Crippen LogP) is 2.97. The molecule has 1 saturated heterocycles. The summed E-state index contributed by atoms with van der Waals surface area (Å²) in [5, 5.41) is 3.72. The van der Waals surface area contributed by atoms with Crippen LogP contribution < -0.4 is 5.32 Å². The molecule has 1 aliphatic heterocycles. The molecular weight excluding hydrogens is 186 g/mol. The van der Waals surface area contributed by atoms with Gasteiger partial charge in [-0.1, -0.05) is 27.2 Å². The third-order valence-electron chi connectivity index (χ3n) is 3.30. The van der Waals surface area contributed by atoms with Crippen molar-refractivity contribution in [2.45, 2.75) is 71.6 Å². The summed E-state index contributed by atoms with van der Waals surface area (Å²) in [6, 6.07) is 1.33. The Labute approximate surface area is 94.8 Å². The maximum atomic E-state index is 5.77. The number of hydrogen-bond donors (Lipinski definition) is 1. The second-order valence-electron chi connectivity index (χ2n) is 5.23. The van der Waals surface area contributed by atoms with Gasteiger partial charge in [0, 0.05) is 18.7 Å². The van der Waals surface area contributed by atoms with E-state index < -0.39 is 0 Å². The highest BCUT2D eigenvalue weighted by atomic mass is 16.5. The fourth-order valence-corrected chi connectivity index (χ4v) is 2.36. The van der Waals surface area contributed by atoms with Gasteiger partial charge in [0.1, 0.15) is 0 Å². The molecule has 1 aliphatic rings. The number of ether oxygens (including phenoxy) is 1. The Morgan fingerprint density at radius 2 is 2.07 bits per heavy atom. The first-order valence-corrected chi connectivity index (χ1v) is 6.51. The van der Waals surface area contributed by atoms with Crippen LogP contribution in [0.25, 0.3) is 0 Å². The molecule has 0 amide bonds. The molecule has 1 heterocycles. The molecule has 1 fully saturated rings. The number of rotatable bonds is 5. The largest absolute Gasteiger partial charge is 0.378 e. The van der Waals surface area contributed by atoms with Crippen molar-refractivity contribution < 1.29 is 4.74 Å². The van der Waals surface area contributed by atoms with Gasteiger partial charge in [-0.3, -0.25) is 0 Å². The molecule has 0 aromatic carbocycles. The SMILES string of the molecule is CCCC(C)NC1CCOC(C(C)C)C1. The average molecular weight is 213 g/mol. The lowest BCUT2D eigenvalue weighted by atomic mass is 9.94. The summed E-state index contributed by atoms with van der Waals surface area (Å²) >= 11 is 0. The first kappa shape index (κ1) is 13.0. The zero-order chi connectivity index (χ0) is 11.3. The highest BCUT2D eigenvalue weighted by Crippen LogP contribution is 2.20. The highest BCUT2D eigenvalue weighted by molar-refractivity contribution is 4.80. The minimum Gasteiger partial charge on any atom is -0.378 e. The minimum absolute atomic E-state index is 0.463. The van der Waals surface area contributed by atoms with Gasteiger partial charge < -0.3 is 10.1 Å². The molecule has 0 bridgehead atoms. The summed E-state index contributed by atoms with van der Waals surface area (Å²) in [7, 11) is 0. The maximum absolute atomic E-state index is 5.77. The first-order chi connectivity index (χ1) is 7.13. The van der Waals surface area contributed by atoms with Gasteiger partial charge in [-0.05, 0) is 32.1 Å². The predicted molar refractivity (Wildman–Crippen MR) is 65.1 cm³/mol. The molecule has 3 unspecified atom stereocenters. The van der Waals surface area contributed by atoms with Crippen LogP contribution in [0.4, 0.5) is 0 Å². The molecule has 0 aliphatic carbocycles. The van der Waals surface area contributed by atoms with E-state index in [2.05, 4.69) is 33.0 Å². The van der Waals surface area contributed by atoms with Gasteiger partial charge in [-0.15, -0.1) is 0 Å². The Morgan fingerprint density at radius 3 is 2.67 bits per heavy atom. The maximum Gasteiger partial charge on any atom is 0.0612 e. The minimum atomic E-state index is 0.463. The van der Waals surface area contributed by atoms with Crippen molar-refractivity contribution in [3.8, 4) is 0 Å². The van der Waals surface area contributed by atoms with Crippen LogP contribution in [-0.2, 0) is 4.74 Å². The monoisotopic (exact) mass is 213 g/mol. The van der Waals surface area contributed by atoms with E-state index in [1.807, 2.05) is 0 Å². The van der Waals surface area contributed by atoms with E-state index in [9.17, 15) is 0 Å². The zero-order valence-electron chi connectivity index (χ0n) is 10.8. The summed E-state index contributed by atoms with van der Waals surface area (Å²) in [5.41, 5.74) is 0. The van der Waals surface area contributed by atoms with Crippen LogP contribution in [0, 0.1) is 5.92 Å². The first-order valence-electron chi connectivity index (χ1n) is 6.51. The fraction of sp³-hybridized carbons (Fsp3) is 1.00. The number of hydrogen-bond acceptors (Lipinski definition) is 2. The molecule has 0 radical (unpaired) electrons. The van der Waals surface area contributed by atoms with Crippen LogP contribution in [0.3, 0.4) is 0 Å². The molecule has 90 valence electrons. The summed E-state index contributed by atoms with van der Waals surface area (Å²) in [4.78, 5) is 0. The van der Waals surface area contributed by atoms with Gasteiger partial charge in [0.2, 0.25) is 0 Å². The second kappa shape index (κ2) is 6.49. The summed E-state index contributed by atoms with van der Waals surface area (Å²) < 4.78 is 5.77. The standard InChI is InChI=1S/C13H27NO/c1-5-6-11(4)14-12-7-8-15-13(9-12)10(2)3/h10-14H,5-9H2,1-4H3. The van der Waals surface area contributed by atoms with Crippen molar-refractivity contribution >= 4 is 0 Å².